The number of hydrogen-bond acceptors (Lipinski definition) is 3. The third-order valence-corrected chi connectivity index (χ3v) is 4.85. The van der Waals surface area contributed by atoms with Gasteiger partial charge in [0, 0.05) is 42.8 Å². The van der Waals surface area contributed by atoms with Crippen molar-refractivity contribution in [1.82, 2.24) is 29.9 Å². The van der Waals surface area contributed by atoms with Crippen LogP contribution in [0.5, 0.6) is 0 Å². The van der Waals surface area contributed by atoms with Gasteiger partial charge in [-0.2, -0.15) is 0 Å². The van der Waals surface area contributed by atoms with Gasteiger partial charge >= 0.3 is 0 Å². The van der Waals surface area contributed by atoms with E-state index < -0.39 is 0 Å². The second-order valence-corrected chi connectivity index (χ2v) is 6.73. The number of nitrogens with zero attached hydrogens (tertiary/aromatic N) is 3. The molecular formula is C20H30N6. The fourth-order valence-corrected chi connectivity index (χ4v) is 3.45. The number of aryl methyl sites for hydroxylation is 5. The van der Waals surface area contributed by atoms with E-state index in [9.17, 15) is 0 Å². The van der Waals surface area contributed by atoms with Gasteiger partial charge in [0.2, 0.25) is 0 Å². The van der Waals surface area contributed by atoms with Gasteiger partial charge in [-0.3, -0.25) is 0 Å². The Morgan fingerprint density at radius 2 is 1.08 bits per heavy atom. The molecule has 0 aliphatic carbocycles. The molecule has 3 heterocycles. The lowest BCUT2D eigenvalue weighted by atomic mass is 10.1. The van der Waals surface area contributed by atoms with Gasteiger partial charge in [-0.25, -0.2) is 15.0 Å². The summed E-state index contributed by atoms with van der Waals surface area (Å²) in [5.41, 5.74) is 6.95. The molecule has 26 heavy (non-hydrogen) atoms. The van der Waals surface area contributed by atoms with Gasteiger partial charge in [-0.1, -0.05) is 27.7 Å². The van der Waals surface area contributed by atoms with E-state index in [0.717, 1.165) is 73.1 Å². The molecule has 0 atom stereocenters. The molecule has 0 radical (unpaired) electrons. The molecule has 0 amide bonds. The van der Waals surface area contributed by atoms with E-state index in [-0.39, 0.29) is 0 Å². The number of nitrogens with one attached hydrogen (secondary N) is 3. The molecule has 6 heteroatoms. The lowest BCUT2D eigenvalue weighted by molar-refractivity contribution is 0.930. The van der Waals surface area contributed by atoms with Gasteiger partial charge in [0.15, 0.2) is 0 Å². The summed E-state index contributed by atoms with van der Waals surface area (Å²) in [7, 11) is 0. The number of rotatable bonds is 8. The third-order valence-electron chi connectivity index (χ3n) is 4.85. The summed E-state index contributed by atoms with van der Waals surface area (Å²) in [4.78, 5) is 24.6. The standard InChI is InChI=1S/C20H30N6/c1-6-13-15(25-19(8-3)23-13)10-17-18(22-12(5)21-17)11-16-14(7-2)24-20(9-4)26-16/h6-11H2,1-5H3,(H,21,22)(H,23,25)(H,24,26). The van der Waals surface area contributed by atoms with Crippen molar-refractivity contribution in [3.05, 3.63) is 51.6 Å². The molecule has 3 aromatic rings. The molecule has 0 aromatic carbocycles. The van der Waals surface area contributed by atoms with Crippen molar-refractivity contribution in [3.63, 3.8) is 0 Å². The van der Waals surface area contributed by atoms with E-state index in [1.54, 1.807) is 0 Å². The average Bonchev–Trinajstić information content (AvgIpc) is 3.32. The lowest BCUT2D eigenvalue weighted by Gasteiger charge is -2.04. The van der Waals surface area contributed by atoms with Crippen LogP contribution in [0, 0.1) is 6.92 Å². The van der Waals surface area contributed by atoms with E-state index in [4.69, 9.17) is 15.0 Å². The largest absolute Gasteiger partial charge is 0.346 e. The van der Waals surface area contributed by atoms with Gasteiger partial charge in [-0.15, -0.1) is 0 Å². The van der Waals surface area contributed by atoms with Gasteiger partial charge in [-0.05, 0) is 19.8 Å². The number of aromatic amines is 3. The second-order valence-electron chi connectivity index (χ2n) is 6.73. The molecular weight excluding hydrogens is 324 g/mol. The molecule has 0 saturated carbocycles. The Kier molecular flexibility index (Phi) is 5.59. The van der Waals surface area contributed by atoms with Crippen molar-refractivity contribution in [1.29, 1.82) is 0 Å². The minimum atomic E-state index is 0.784. The molecule has 3 aromatic heterocycles. The highest BCUT2D eigenvalue weighted by Gasteiger charge is 2.17. The summed E-state index contributed by atoms with van der Waals surface area (Å²) in [5, 5.41) is 0. The van der Waals surface area contributed by atoms with Crippen LogP contribution in [0.15, 0.2) is 0 Å². The Morgan fingerprint density at radius 3 is 1.58 bits per heavy atom. The topological polar surface area (TPSA) is 86.0 Å². The van der Waals surface area contributed by atoms with E-state index in [1.807, 2.05) is 6.92 Å². The number of H-pyrrole nitrogens is 3. The van der Waals surface area contributed by atoms with E-state index in [2.05, 4.69) is 42.6 Å². The van der Waals surface area contributed by atoms with Crippen molar-refractivity contribution in [3.8, 4) is 0 Å². The molecule has 6 nitrogen and oxygen atoms in total. The van der Waals surface area contributed by atoms with Crippen molar-refractivity contribution < 1.29 is 0 Å². The van der Waals surface area contributed by atoms with E-state index in [1.165, 1.54) is 17.1 Å². The third kappa shape index (κ3) is 3.74. The number of aromatic nitrogens is 6. The van der Waals surface area contributed by atoms with Crippen LogP contribution < -0.4 is 0 Å². The van der Waals surface area contributed by atoms with Crippen LogP contribution in [-0.2, 0) is 38.5 Å². The smallest absolute Gasteiger partial charge is 0.106 e. The summed E-state index contributed by atoms with van der Waals surface area (Å²) in [5.74, 6) is 3.07. The Morgan fingerprint density at radius 1 is 0.577 bits per heavy atom. The van der Waals surface area contributed by atoms with Crippen LogP contribution in [0.2, 0.25) is 0 Å². The summed E-state index contributed by atoms with van der Waals surface area (Å²) < 4.78 is 0. The van der Waals surface area contributed by atoms with Crippen molar-refractivity contribution in [2.75, 3.05) is 0 Å². The monoisotopic (exact) mass is 354 g/mol. The molecule has 3 N–H and O–H groups in total. The SMILES string of the molecule is CCc1nc(CC)c(Cc2nc(C)[nH]c2Cc2[nH]c(CC)nc2CC)[nH]1. The summed E-state index contributed by atoms with van der Waals surface area (Å²) in [6.07, 6.45) is 5.32. The number of imidazole rings is 3. The lowest BCUT2D eigenvalue weighted by Crippen LogP contribution is -2.01. The molecule has 0 saturated heterocycles. The number of hydrogen-bond donors (Lipinski definition) is 3. The minimum Gasteiger partial charge on any atom is -0.346 e. The minimum absolute atomic E-state index is 0.784. The van der Waals surface area contributed by atoms with Crippen LogP contribution >= 0.6 is 0 Å². The first kappa shape index (κ1) is 18.4. The molecule has 0 aliphatic heterocycles. The fourth-order valence-electron chi connectivity index (χ4n) is 3.45. The summed E-state index contributed by atoms with van der Waals surface area (Å²) in [6, 6.07) is 0. The van der Waals surface area contributed by atoms with Crippen LogP contribution in [-0.4, -0.2) is 29.9 Å². The summed E-state index contributed by atoms with van der Waals surface area (Å²) in [6.45, 7) is 10.6. The average molecular weight is 355 g/mol. The molecule has 0 bridgehead atoms. The molecule has 0 spiro atoms. The van der Waals surface area contributed by atoms with Crippen LogP contribution in [0.4, 0.5) is 0 Å². The van der Waals surface area contributed by atoms with E-state index >= 15 is 0 Å². The Labute approximate surface area is 155 Å². The Hall–Kier alpha value is -2.37. The zero-order valence-electron chi connectivity index (χ0n) is 16.6. The van der Waals surface area contributed by atoms with Crippen molar-refractivity contribution in [2.45, 2.75) is 73.1 Å². The molecule has 0 fully saturated rings. The predicted molar refractivity (Wildman–Crippen MR) is 104 cm³/mol. The molecule has 0 unspecified atom stereocenters. The highest BCUT2D eigenvalue weighted by atomic mass is 15.0. The maximum absolute atomic E-state index is 4.76. The molecule has 3 rings (SSSR count). The maximum atomic E-state index is 4.76. The highest BCUT2D eigenvalue weighted by Crippen LogP contribution is 2.19. The van der Waals surface area contributed by atoms with Crippen molar-refractivity contribution >= 4 is 0 Å². The Bertz CT molecular complexity index is 797. The zero-order chi connectivity index (χ0) is 18.7. The fraction of sp³-hybridized carbons (Fsp3) is 0.550. The maximum Gasteiger partial charge on any atom is 0.106 e. The summed E-state index contributed by atoms with van der Waals surface area (Å²) >= 11 is 0. The first-order valence-corrected chi connectivity index (χ1v) is 9.75. The first-order valence-electron chi connectivity index (χ1n) is 9.75. The highest BCUT2D eigenvalue weighted by molar-refractivity contribution is 5.29. The van der Waals surface area contributed by atoms with Gasteiger partial charge in [0.25, 0.3) is 0 Å². The molecule has 0 aliphatic rings. The van der Waals surface area contributed by atoms with Crippen LogP contribution in [0.25, 0.3) is 0 Å². The first-order chi connectivity index (χ1) is 12.6. The zero-order valence-corrected chi connectivity index (χ0v) is 16.6. The quantitative estimate of drug-likeness (QED) is 0.578. The predicted octanol–water partition coefficient (Wildman–Crippen LogP) is 3.60. The molecule has 140 valence electrons. The van der Waals surface area contributed by atoms with Crippen LogP contribution in [0.1, 0.15) is 79.3 Å². The van der Waals surface area contributed by atoms with Crippen molar-refractivity contribution in [2.24, 2.45) is 0 Å². The normalized spacial score (nSPS) is 11.4. The van der Waals surface area contributed by atoms with Gasteiger partial charge < -0.3 is 15.0 Å². The van der Waals surface area contributed by atoms with Crippen LogP contribution in [0.3, 0.4) is 0 Å². The Balaban J connectivity index is 1.89. The van der Waals surface area contributed by atoms with Gasteiger partial charge in [0.1, 0.15) is 17.5 Å². The van der Waals surface area contributed by atoms with Gasteiger partial charge in [0.05, 0.1) is 17.1 Å². The van der Waals surface area contributed by atoms with E-state index in [0.29, 0.717) is 0 Å². The second kappa shape index (κ2) is 7.89.